The van der Waals surface area contributed by atoms with E-state index in [1.165, 1.54) is 5.56 Å². The van der Waals surface area contributed by atoms with Crippen molar-refractivity contribution in [2.45, 2.75) is 64.3 Å². The van der Waals surface area contributed by atoms with E-state index in [1.54, 1.807) is 4.90 Å². The Morgan fingerprint density at radius 1 is 0.843 bits per heavy atom. The van der Waals surface area contributed by atoms with E-state index in [-0.39, 0.29) is 43.7 Å². The number of carbonyl (C=O) groups is 2. The van der Waals surface area contributed by atoms with Gasteiger partial charge in [-0.2, -0.15) is 4.39 Å². The summed E-state index contributed by atoms with van der Waals surface area (Å²) in [5, 5.41) is 16.9. The highest BCUT2D eigenvalue weighted by molar-refractivity contribution is 6.03. The average Bonchev–Trinajstić information content (AvgIpc) is 3.97. The van der Waals surface area contributed by atoms with E-state index in [0.29, 0.717) is 63.3 Å². The molecule has 274 valence electrons. The first-order chi connectivity index (χ1) is 24.6. The van der Waals surface area contributed by atoms with Gasteiger partial charge in [0.05, 0.1) is 31.8 Å². The van der Waals surface area contributed by atoms with Gasteiger partial charge in [0.15, 0.2) is 17.4 Å². The number of benzene rings is 3. The lowest BCUT2D eigenvalue weighted by molar-refractivity contribution is -0.492. The van der Waals surface area contributed by atoms with E-state index in [2.05, 4.69) is 29.1 Å². The predicted molar refractivity (Wildman–Crippen MR) is 181 cm³/mol. The van der Waals surface area contributed by atoms with Gasteiger partial charge in [-0.05, 0) is 92.7 Å². The Morgan fingerprint density at radius 3 is 2.22 bits per heavy atom. The standard InChI is InChI=1S/C38H44F3N3O7/c1-26-6-8-28(9-7-26)18-21-43(30-14-15-30)37(45)32-25-42(38(46)50-22-2-3-24-51-44(47)48)20-19-31(32)29-12-10-27(11-13-29)5-4-23-49-36-34(40)17-16-33(39)35(36)41/h6-13,16-17,30,47-48H,2-5,14-15,18-25H2,1H3. The van der Waals surface area contributed by atoms with Crippen LogP contribution in [0.3, 0.4) is 0 Å². The molecule has 1 fully saturated rings. The van der Waals surface area contributed by atoms with Gasteiger partial charge in [-0.1, -0.05) is 54.1 Å². The number of carbonyl (C=O) groups excluding carboxylic acids is 2. The lowest BCUT2D eigenvalue weighted by atomic mass is 9.91. The largest absolute Gasteiger partial charge is 0.488 e. The summed E-state index contributed by atoms with van der Waals surface area (Å²) in [5.41, 5.74) is 5.55. The fourth-order valence-corrected chi connectivity index (χ4v) is 6.01. The molecule has 1 saturated carbocycles. The Kier molecular flexibility index (Phi) is 13.5. The molecule has 10 nitrogen and oxygen atoms in total. The maximum absolute atomic E-state index is 14.4. The van der Waals surface area contributed by atoms with Crippen molar-refractivity contribution < 1.29 is 47.5 Å². The van der Waals surface area contributed by atoms with Crippen LogP contribution >= 0.6 is 0 Å². The van der Waals surface area contributed by atoms with E-state index in [4.69, 9.17) is 19.9 Å². The number of nitrogens with zero attached hydrogens (tertiary/aromatic N) is 3. The van der Waals surface area contributed by atoms with Crippen LogP contribution in [-0.2, 0) is 27.2 Å². The van der Waals surface area contributed by atoms with Crippen LogP contribution in [0.15, 0.2) is 66.2 Å². The molecule has 2 N–H and O–H groups in total. The molecule has 0 atom stereocenters. The first-order valence-corrected chi connectivity index (χ1v) is 17.3. The molecule has 0 radical (unpaired) electrons. The minimum Gasteiger partial charge on any atom is -0.488 e. The summed E-state index contributed by atoms with van der Waals surface area (Å²) < 4.78 is 52.0. The summed E-state index contributed by atoms with van der Waals surface area (Å²) in [4.78, 5) is 35.4. The van der Waals surface area contributed by atoms with Crippen molar-refractivity contribution in [1.82, 2.24) is 15.2 Å². The van der Waals surface area contributed by atoms with E-state index < -0.39 is 29.3 Å². The van der Waals surface area contributed by atoms with Gasteiger partial charge < -0.3 is 19.3 Å². The Morgan fingerprint density at radius 2 is 1.51 bits per heavy atom. The van der Waals surface area contributed by atoms with Crippen molar-refractivity contribution in [1.29, 1.82) is 0 Å². The molecule has 3 aromatic rings. The van der Waals surface area contributed by atoms with Crippen molar-refractivity contribution >= 4 is 17.6 Å². The van der Waals surface area contributed by atoms with Crippen LogP contribution in [0, 0.1) is 24.4 Å². The highest BCUT2D eigenvalue weighted by atomic mass is 19.2. The minimum atomic E-state index is -1.35. The monoisotopic (exact) mass is 711 g/mol. The number of hydrogen-bond donors (Lipinski definition) is 2. The molecule has 13 heteroatoms. The van der Waals surface area contributed by atoms with E-state index in [0.717, 1.165) is 41.2 Å². The Labute approximate surface area is 295 Å². The maximum atomic E-state index is 14.4. The number of hydrogen-bond acceptors (Lipinski definition) is 8. The lowest BCUT2D eigenvalue weighted by Gasteiger charge is -2.33. The molecule has 0 saturated heterocycles. The maximum Gasteiger partial charge on any atom is 0.410 e. The summed E-state index contributed by atoms with van der Waals surface area (Å²) >= 11 is 0. The van der Waals surface area contributed by atoms with Crippen LogP contribution in [0.5, 0.6) is 5.75 Å². The number of halogens is 3. The number of ether oxygens (including phenoxy) is 2. The van der Waals surface area contributed by atoms with Crippen LogP contribution in [0.2, 0.25) is 0 Å². The quantitative estimate of drug-likeness (QED) is 0.0872. The van der Waals surface area contributed by atoms with Crippen molar-refractivity contribution in [3.8, 4) is 5.75 Å². The number of aryl methyl sites for hydroxylation is 2. The summed E-state index contributed by atoms with van der Waals surface area (Å²) in [7, 11) is 0. The summed E-state index contributed by atoms with van der Waals surface area (Å²) in [6.07, 6.45) is 4.35. The van der Waals surface area contributed by atoms with Gasteiger partial charge in [-0.25, -0.2) is 13.6 Å². The second-order valence-electron chi connectivity index (χ2n) is 12.8. The zero-order valence-electron chi connectivity index (χ0n) is 28.7. The van der Waals surface area contributed by atoms with Crippen molar-refractivity contribution in [3.05, 3.63) is 106 Å². The first kappa shape index (κ1) is 37.8. The van der Waals surface area contributed by atoms with Gasteiger partial charge >= 0.3 is 6.09 Å². The first-order valence-electron chi connectivity index (χ1n) is 17.3. The van der Waals surface area contributed by atoms with Crippen LogP contribution in [0.25, 0.3) is 5.57 Å². The van der Waals surface area contributed by atoms with Gasteiger partial charge in [0.25, 0.3) is 5.91 Å². The molecular weight excluding hydrogens is 667 g/mol. The molecular formula is C38H44F3N3O7. The third kappa shape index (κ3) is 10.8. The summed E-state index contributed by atoms with van der Waals surface area (Å²) in [6, 6.07) is 17.7. The van der Waals surface area contributed by atoms with Crippen molar-refractivity contribution in [3.63, 3.8) is 0 Å². The molecule has 5 rings (SSSR count). The zero-order chi connectivity index (χ0) is 36.3. The van der Waals surface area contributed by atoms with E-state index in [9.17, 15) is 22.8 Å². The van der Waals surface area contributed by atoms with Crippen LogP contribution < -0.4 is 4.74 Å². The van der Waals surface area contributed by atoms with Crippen molar-refractivity contribution in [2.24, 2.45) is 0 Å². The third-order valence-corrected chi connectivity index (χ3v) is 9.00. The van der Waals surface area contributed by atoms with Gasteiger partial charge in [-0.15, -0.1) is 0 Å². The molecule has 1 aliphatic heterocycles. The third-order valence-electron chi connectivity index (χ3n) is 9.00. The van der Waals surface area contributed by atoms with Crippen LogP contribution in [-0.4, -0.2) is 83.1 Å². The van der Waals surface area contributed by atoms with Crippen LogP contribution in [0.1, 0.15) is 60.8 Å². The zero-order valence-corrected chi connectivity index (χ0v) is 28.7. The summed E-state index contributed by atoms with van der Waals surface area (Å²) in [5.74, 6) is -4.31. The Bertz CT molecular complexity index is 1660. The second-order valence-corrected chi connectivity index (χ2v) is 12.8. The minimum absolute atomic E-state index is 0.00786. The smallest absolute Gasteiger partial charge is 0.410 e. The highest BCUT2D eigenvalue weighted by Gasteiger charge is 2.37. The van der Waals surface area contributed by atoms with E-state index in [1.807, 2.05) is 36.1 Å². The topological polar surface area (TPSA) is 112 Å². The lowest BCUT2D eigenvalue weighted by Crippen LogP contribution is -2.44. The molecule has 0 bridgehead atoms. The fraction of sp³-hybridized carbons (Fsp3) is 0.421. The van der Waals surface area contributed by atoms with Gasteiger partial charge in [0, 0.05) is 24.7 Å². The molecule has 2 amide bonds. The molecule has 0 unspecified atom stereocenters. The number of unbranched alkanes of at least 4 members (excludes halogenated alkanes) is 1. The molecule has 1 heterocycles. The fourth-order valence-electron chi connectivity index (χ4n) is 6.01. The Hall–Kier alpha value is -4.43. The number of amides is 2. The molecule has 1 aliphatic carbocycles. The van der Waals surface area contributed by atoms with Gasteiger partial charge in [0.1, 0.15) is 0 Å². The predicted octanol–water partition coefficient (Wildman–Crippen LogP) is 7.05. The number of rotatable bonds is 17. The molecule has 0 spiro atoms. The summed E-state index contributed by atoms with van der Waals surface area (Å²) in [6.45, 7) is 3.19. The normalized spacial score (nSPS) is 14.6. The molecule has 51 heavy (non-hydrogen) atoms. The SMILES string of the molecule is Cc1ccc(CCN(C(=O)C2=C(c3ccc(CCCOc4c(F)ccc(F)c4F)cc3)CCN(C(=O)OCCCCON(O)O)C2)C2CC2)cc1. The van der Waals surface area contributed by atoms with Gasteiger partial charge in [-0.3, -0.25) is 20.0 Å². The highest BCUT2D eigenvalue weighted by Crippen LogP contribution is 2.34. The average molecular weight is 712 g/mol. The Balaban J connectivity index is 1.27. The van der Waals surface area contributed by atoms with E-state index >= 15 is 0 Å². The molecule has 2 aliphatic rings. The van der Waals surface area contributed by atoms with Crippen molar-refractivity contribution in [2.75, 3.05) is 39.5 Å². The van der Waals surface area contributed by atoms with Crippen LogP contribution in [0.4, 0.5) is 18.0 Å². The molecule has 0 aromatic heterocycles. The second kappa shape index (κ2) is 18.2. The molecule has 3 aromatic carbocycles. The van der Waals surface area contributed by atoms with Gasteiger partial charge in [0.2, 0.25) is 5.82 Å².